The Morgan fingerprint density at radius 1 is 1.06 bits per heavy atom. The Labute approximate surface area is 210 Å². The Morgan fingerprint density at radius 3 is 2.56 bits per heavy atom. The molecule has 2 N–H and O–H groups in total. The first-order chi connectivity index (χ1) is 17.4. The molecule has 1 heterocycles. The maximum Gasteiger partial charge on any atom is 0.328 e. The van der Waals surface area contributed by atoms with Crippen LogP contribution in [0.4, 0.5) is 15.9 Å². The highest BCUT2D eigenvalue weighted by Gasteiger charge is 2.13. The largest absolute Gasteiger partial charge is 0.493 e. The number of anilines is 2. The van der Waals surface area contributed by atoms with E-state index in [4.69, 9.17) is 30.9 Å². The molecule has 0 bridgehead atoms. The zero-order valence-electron chi connectivity index (χ0n) is 19.1. The van der Waals surface area contributed by atoms with Crippen LogP contribution >= 0.6 is 11.6 Å². The van der Waals surface area contributed by atoms with E-state index in [2.05, 4.69) is 15.3 Å². The van der Waals surface area contributed by atoms with E-state index in [1.807, 2.05) is 0 Å². The van der Waals surface area contributed by atoms with Crippen molar-refractivity contribution in [2.75, 3.05) is 25.6 Å². The van der Waals surface area contributed by atoms with Gasteiger partial charge in [-0.3, -0.25) is 0 Å². The molecule has 0 amide bonds. The fraction of sp³-hybridized carbons (Fsp3) is 0.115. The number of nitrogens with one attached hydrogen (secondary N) is 1. The molecule has 0 aliphatic rings. The molecule has 10 heteroatoms. The number of halogens is 2. The van der Waals surface area contributed by atoms with E-state index in [0.29, 0.717) is 39.7 Å². The van der Waals surface area contributed by atoms with Gasteiger partial charge in [0, 0.05) is 23.2 Å². The van der Waals surface area contributed by atoms with Gasteiger partial charge in [-0.2, -0.15) is 0 Å². The average Bonchev–Trinajstić information content (AvgIpc) is 2.88. The maximum absolute atomic E-state index is 13.5. The topological polar surface area (TPSA) is 103 Å². The van der Waals surface area contributed by atoms with Gasteiger partial charge in [-0.1, -0.05) is 23.7 Å². The van der Waals surface area contributed by atoms with Crippen LogP contribution in [0.5, 0.6) is 17.2 Å². The van der Waals surface area contributed by atoms with Crippen molar-refractivity contribution in [3.8, 4) is 17.2 Å². The molecule has 0 fully saturated rings. The first kappa shape index (κ1) is 24.7. The summed E-state index contributed by atoms with van der Waals surface area (Å²) >= 11 is 5.89. The van der Waals surface area contributed by atoms with Gasteiger partial charge in [0.15, 0.2) is 11.5 Å². The van der Waals surface area contributed by atoms with Gasteiger partial charge in [0.25, 0.3) is 0 Å². The highest BCUT2D eigenvalue weighted by atomic mass is 35.5. The van der Waals surface area contributed by atoms with Gasteiger partial charge in [0.1, 0.15) is 36.9 Å². The molecule has 4 aromatic rings. The zero-order valence-corrected chi connectivity index (χ0v) is 19.8. The lowest BCUT2D eigenvalue weighted by Gasteiger charge is -2.14. The third-order valence-electron chi connectivity index (χ3n) is 5.01. The van der Waals surface area contributed by atoms with Crippen molar-refractivity contribution < 1.29 is 28.5 Å². The smallest absolute Gasteiger partial charge is 0.328 e. The van der Waals surface area contributed by atoms with Crippen molar-refractivity contribution in [2.45, 2.75) is 0 Å². The third kappa shape index (κ3) is 6.19. The number of hydrogen-bond donors (Lipinski definition) is 2. The molecular formula is C26H21ClFN3O5. The third-order valence-corrected chi connectivity index (χ3v) is 5.30. The van der Waals surface area contributed by atoms with Crippen LogP contribution in [0.1, 0.15) is 5.56 Å². The van der Waals surface area contributed by atoms with Crippen LogP contribution in [0.15, 0.2) is 67.0 Å². The summed E-state index contributed by atoms with van der Waals surface area (Å²) in [6.07, 6.45) is 3.98. The lowest BCUT2D eigenvalue weighted by Crippen LogP contribution is -2.09. The van der Waals surface area contributed by atoms with E-state index < -0.39 is 11.8 Å². The monoisotopic (exact) mass is 509 g/mol. The first-order valence-corrected chi connectivity index (χ1v) is 11.1. The van der Waals surface area contributed by atoms with Crippen molar-refractivity contribution in [2.24, 2.45) is 0 Å². The molecule has 184 valence electrons. The summed E-state index contributed by atoms with van der Waals surface area (Å²) in [6, 6.07) is 14.8. The van der Waals surface area contributed by atoms with Crippen LogP contribution in [-0.4, -0.2) is 41.4 Å². The molecule has 0 saturated heterocycles. The molecule has 4 rings (SSSR count). The molecule has 0 radical (unpaired) electrons. The zero-order chi connectivity index (χ0) is 25.5. The molecule has 0 saturated carbocycles. The predicted octanol–water partition coefficient (Wildman–Crippen LogP) is 5.73. The number of carbonyl (C=O) groups is 1. The Hall–Kier alpha value is -4.37. The van der Waals surface area contributed by atoms with Gasteiger partial charge in [-0.25, -0.2) is 19.2 Å². The summed E-state index contributed by atoms with van der Waals surface area (Å²) in [5.41, 5.74) is 1.94. The highest BCUT2D eigenvalue weighted by molar-refractivity contribution is 6.31. The molecule has 36 heavy (non-hydrogen) atoms. The lowest BCUT2D eigenvalue weighted by molar-refractivity contribution is -0.131. The number of hydrogen-bond acceptors (Lipinski definition) is 7. The van der Waals surface area contributed by atoms with Gasteiger partial charge in [-0.05, 0) is 48.0 Å². The van der Waals surface area contributed by atoms with E-state index in [-0.39, 0.29) is 18.2 Å². The van der Waals surface area contributed by atoms with Gasteiger partial charge in [0.05, 0.1) is 17.6 Å². The maximum atomic E-state index is 13.5. The Bertz CT molecular complexity index is 1410. The van der Waals surface area contributed by atoms with Crippen LogP contribution in [0.3, 0.4) is 0 Å². The number of carboxylic acids is 1. The number of ether oxygens (including phenoxy) is 3. The molecule has 0 unspecified atom stereocenters. The fourth-order valence-electron chi connectivity index (χ4n) is 3.30. The van der Waals surface area contributed by atoms with Crippen LogP contribution < -0.4 is 19.5 Å². The number of aliphatic carboxylic acids is 1. The molecule has 0 atom stereocenters. The SMILES string of the molecule is COc1cc2ncnc(Nc3ccc(F)c(Cl)c3)c2cc1OCCOc1ccc(/C=C/C(=O)O)cc1. The van der Waals surface area contributed by atoms with Crippen LogP contribution in [0, 0.1) is 5.82 Å². The summed E-state index contributed by atoms with van der Waals surface area (Å²) in [7, 11) is 1.53. The average molecular weight is 510 g/mol. The Kier molecular flexibility index (Phi) is 7.82. The molecule has 0 aliphatic carbocycles. The Balaban J connectivity index is 1.45. The van der Waals surface area contributed by atoms with Crippen molar-refractivity contribution in [1.29, 1.82) is 0 Å². The summed E-state index contributed by atoms with van der Waals surface area (Å²) in [5.74, 6) is 0.552. The molecular weight excluding hydrogens is 489 g/mol. The van der Waals surface area contributed by atoms with Crippen LogP contribution in [0.2, 0.25) is 5.02 Å². The molecule has 0 aliphatic heterocycles. The van der Waals surface area contributed by atoms with E-state index in [1.54, 1.807) is 42.5 Å². The summed E-state index contributed by atoms with van der Waals surface area (Å²) in [4.78, 5) is 19.2. The molecule has 0 spiro atoms. The van der Waals surface area contributed by atoms with E-state index in [9.17, 15) is 9.18 Å². The van der Waals surface area contributed by atoms with Crippen molar-refractivity contribution in [3.05, 3.63) is 83.4 Å². The molecule has 3 aromatic carbocycles. The quantitative estimate of drug-likeness (QED) is 0.206. The van der Waals surface area contributed by atoms with Crippen molar-refractivity contribution in [1.82, 2.24) is 9.97 Å². The van der Waals surface area contributed by atoms with Gasteiger partial charge in [0.2, 0.25) is 0 Å². The van der Waals surface area contributed by atoms with Gasteiger partial charge < -0.3 is 24.6 Å². The minimum absolute atomic E-state index is 0.00424. The number of carboxylic acid groups (broad SMARTS) is 1. The fourth-order valence-corrected chi connectivity index (χ4v) is 3.48. The number of fused-ring (bicyclic) bond motifs is 1. The standard InChI is InChI=1S/C26H21ClFN3O5/c1-34-23-14-22-19(26(30-15-29-22)31-17-5-8-21(28)20(27)12-17)13-24(23)36-11-10-35-18-6-2-16(3-7-18)4-9-25(32)33/h2-9,12-15H,10-11H2,1H3,(H,32,33)(H,29,30,31)/b9-4+. The number of benzene rings is 3. The van der Waals surface area contributed by atoms with E-state index in [1.165, 1.54) is 31.6 Å². The Morgan fingerprint density at radius 2 is 1.83 bits per heavy atom. The van der Waals surface area contributed by atoms with Gasteiger partial charge >= 0.3 is 5.97 Å². The van der Waals surface area contributed by atoms with Crippen molar-refractivity contribution >= 4 is 46.1 Å². The number of nitrogens with zero attached hydrogens (tertiary/aromatic N) is 2. The summed E-state index contributed by atoms with van der Waals surface area (Å²) in [6.45, 7) is 0.489. The van der Waals surface area contributed by atoms with E-state index >= 15 is 0 Å². The predicted molar refractivity (Wildman–Crippen MR) is 135 cm³/mol. The van der Waals surface area contributed by atoms with Crippen molar-refractivity contribution in [3.63, 3.8) is 0 Å². The summed E-state index contributed by atoms with van der Waals surface area (Å²) in [5, 5.41) is 12.5. The first-order valence-electron chi connectivity index (χ1n) is 10.7. The number of aromatic nitrogens is 2. The minimum Gasteiger partial charge on any atom is -0.493 e. The van der Waals surface area contributed by atoms with Crippen LogP contribution in [-0.2, 0) is 4.79 Å². The number of rotatable bonds is 10. The van der Waals surface area contributed by atoms with Gasteiger partial charge in [-0.15, -0.1) is 0 Å². The van der Waals surface area contributed by atoms with Crippen LogP contribution in [0.25, 0.3) is 17.0 Å². The minimum atomic E-state index is -1.01. The number of methoxy groups -OCH3 is 1. The lowest BCUT2D eigenvalue weighted by atomic mass is 10.2. The second-order valence-corrected chi connectivity index (χ2v) is 7.84. The molecule has 8 nitrogen and oxygen atoms in total. The van der Waals surface area contributed by atoms with E-state index in [0.717, 1.165) is 11.6 Å². The second-order valence-electron chi connectivity index (χ2n) is 7.43. The highest BCUT2D eigenvalue weighted by Crippen LogP contribution is 2.35. The molecule has 1 aromatic heterocycles. The second kappa shape index (κ2) is 11.4. The summed E-state index contributed by atoms with van der Waals surface area (Å²) < 4.78 is 30.6. The normalized spacial score (nSPS) is 11.0.